The van der Waals surface area contributed by atoms with Crippen molar-refractivity contribution < 1.29 is 9.53 Å². The van der Waals surface area contributed by atoms with Gasteiger partial charge in [-0.2, -0.15) is 5.10 Å². The van der Waals surface area contributed by atoms with Crippen LogP contribution < -0.4 is 9.64 Å². The maximum Gasteiger partial charge on any atom is 0.266 e. The Balaban J connectivity index is 1.34. The van der Waals surface area contributed by atoms with Gasteiger partial charge in [0.1, 0.15) is 5.75 Å². The van der Waals surface area contributed by atoms with Gasteiger partial charge in [-0.1, -0.05) is 11.6 Å². The Kier molecular flexibility index (Phi) is 5.15. The Labute approximate surface area is 170 Å². The third-order valence-corrected chi connectivity index (χ3v) is 5.51. The minimum absolute atomic E-state index is 0.0164. The van der Waals surface area contributed by atoms with Gasteiger partial charge in [-0.05, 0) is 63.1 Å². The van der Waals surface area contributed by atoms with Crippen molar-refractivity contribution in [1.82, 2.24) is 15.1 Å². The van der Waals surface area contributed by atoms with E-state index < -0.39 is 5.60 Å². The largest absolute Gasteiger partial charge is 0.478 e. The minimum Gasteiger partial charge on any atom is -0.478 e. The third-order valence-electron chi connectivity index (χ3n) is 5.26. The second-order valence-electron chi connectivity index (χ2n) is 7.94. The molecule has 2 aromatic rings. The number of halogens is 1. The van der Waals surface area contributed by atoms with Crippen molar-refractivity contribution >= 4 is 23.3 Å². The molecule has 4 rings (SSSR count). The Bertz CT molecular complexity index is 826. The molecule has 0 spiro atoms. The van der Waals surface area contributed by atoms with Crippen LogP contribution in [0.2, 0.25) is 5.02 Å². The lowest BCUT2D eigenvalue weighted by Crippen LogP contribution is -2.56. The monoisotopic (exact) mass is 400 g/mol. The summed E-state index contributed by atoms with van der Waals surface area (Å²) in [6.45, 7) is 6.35. The van der Waals surface area contributed by atoms with E-state index in [-0.39, 0.29) is 5.91 Å². The van der Waals surface area contributed by atoms with E-state index in [0.29, 0.717) is 29.8 Å². The molecule has 1 saturated carbocycles. The van der Waals surface area contributed by atoms with Crippen molar-refractivity contribution in [1.29, 1.82) is 0 Å². The summed E-state index contributed by atoms with van der Waals surface area (Å²) < 4.78 is 5.94. The van der Waals surface area contributed by atoms with Crippen molar-refractivity contribution in [2.24, 2.45) is 0 Å². The summed E-state index contributed by atoms with van der Waals surface area (Å²) in [6, 6.07) is 11.2. The number of nitrogens with zero attached hydrogens (tertiary/aromatic N) is 4. The van der Waals surface area contributed by atoms with Gasteiger partial charge >= 0.3 is 0 Å². The second-order valence-corrected chi connectivity index (χ2v) is 8.37. The molecule has 1 amide bonds. The van der Waals surface area contributed by atoms with E-state index in [0.717, 1.165) is 24.6 Å². The maximum atomic E-state index is 13.0. The first kappa shape index (κ1) is 19.0. The smallest absolute Gasteiger partial charge is 0.266 e. The van der Waals surface area contributed by atoms with Gasteiger partial charge in [-0.3, -0.25) is 4.79 Å². The zero-order valence-corrected chi connectivity index (χ0v) is 17.0. The first-order chi connectivity index (χ1) is 13.4. The molecule has 0 N–H and O–H groups in total. The van der Waals surface area contributed by atoms with Crippen LogP contribution in [0.15, 0.2) is 36.4 Å². The van der Waals surface area contributed by atoms with E-state index in [1.165, 1.54) is 12.8 Å². The molecule has 0 bridgehead atoms. The van der Waals surface area contributed by atoms with E-state index in [4.69, 9.17) is 16.3 Å². The number of piperazine rings is 1. The molecule has 6 nitrogen and oxygen atoms in total. The van der Waals surface area contributed by atoms with Gasteiger partial charge in [-0.15, -0.1) is 5.10 Å². The topological polar surface area (TPSA) is 58.6 Å². The van der Waals surface area contributed by atoms with Crippen LogP contribution in [0, 0.1) is 0 Å². The van der Waals surface area contributed by atoms with Crippen LogP contribution in [0.3, 0.4) is 0 Å². The number of benzene rings is 1. The third kappa shape index (κ3) is 4.22. The SMILES string of the molecule is CC(C)(Oc1ccc(Cl)cc1)C(=O)N1CCN(c2ccc(C3CC3)nn2)CC1. The Morgan fingerprint density at radius 1 is 1.04 bits per heavy atom. The molecular formula is C21H25ClN4O2. The van der Waals surface area contributed by atoms with Crippen LogP contribution >= 0.6 is 11.6 Å². The van der Waals surface area contributed by atoms with Gasteiger partial charge < -0.3 is 14.5 Å². The number of rotatable bonds is 5. The highest BCUT2D eigenvalue weighted by Crippen LogP contribution is 2.38. The summed E-state index contributed by atoms with van der Waals surface area (Å²) in [5, 5.41) is 9.38. The van der Waals surface area contributed by atoms with Crippen molar-refractivity contribution in [3.63, 3.8) is 0 Å². The average molecular weight is 401 g/mol. The van der Waals surface area contributed by atoms with Crippen molar-refractivity contribution in [3.8, 4) is 5.75 Å². The number of carbonyl (C=O) groups excluding carboxylic acids is 1. The Morgan fingerprint density at radius 2 is 1.71 bits per heavy atom. The van der Waals surface area contributed by atoms with Gasteiger partial charge in [0.05, 0.1) is 5.69 Å². The van der Waals surface area contributed by atoms with E-state index in [2.05, 4.69) is 21.2 Å². The minimum atomic E-state index is -0.943. The summed E-state index contributed by atoms with van der Waals surface area (Å²) in [5.41, 5.74) is 0.153. The molecule has 2 heterocycles. The molecule has 0 radical (unpaired) electrons. The highest BCUT2D eigenvalue weighted by molar-refractivity contribution is 6.30. The van der Waals surface area contributed by atoms with Crippen molar-refractivity contribution in [3.05, 3.63) is 47.1 Å². The molecule has 1 aromatic heterocycles. The molecule has 1 aromatic carbocycles. The highest BCUT2D eigenvalue weighted by atomic mass is 35.5. The summed E-state index contributed by atoms with van der Waals surface area (Å²) in [4.78, 5) is 17.0. The number of aromatic nitrogens is 2. The summed E-state index contributed by atoms with van der Waals surface area (Å²) in [5.74, 6) is 2.11. The lowest BCUT2D eigenvalue weighted by molar-refractivity contribution is -0.145. The molecule has 148 valence electrons. The first-order valence-electron chi connectivity index (χ1n) is 9.75. The highest BCUT2D eigenvalue weighted by Gasteiger charge is 2.36. The van der Waals surface area contributed by atoms with Crippen LogP contribution in [0.5, 0.6) is 5.75 Å². The predicted octanol–water partition coefficient (Wildman–Crippen LogP) is 3.51. The fourth-order valence-corrected chi connectivity index (χ4v) is 3.59. The Morgan fingerprint density at radius 3 is 2.29 bits per heavy atom. The van der Waals surface area contributed by atoms with Gasteiger partial charge in [0.15, 0.2) is 11.4 Å². The molecule has 7 heteroatoms. The quantitative estimate of drug-likeness (QED) is 0.768. The number of ether oxygens (including phenoxy) is 1. The zero-order valence-electron chi connectivity index (χ0n) is 16.3. The molecular weight excluding hydrogens is 376 g/mol. The number of hydrogen-bond donors (Lipinski definition) is 0. The fourth-order valence-electron chi connectivity index (χ4n) is 3.46. The number of carbonyl (C=O) groups is 1. The predicted molar refractivity (Wildman–Crippen MR) is 109 cm³/mol. The molecule has 2 aliphatic rings. The van der Waals surface area contributed by atoms with Gasteiger partial charge in [0.25, 0.3) is 5.91 Å². The normalized spacial score (nSPS) is 17.5. The Hall–Kier alpha value is -2.34. The maximum absolute atomic E-state index is 13.0. The van der Waals surface area contributed by atoms with E-state index in [9.17, 15) is 4.79 Å². The van der Waals surface area contributed by atoms with Gasteiger partial charge in [0, 0.05) is 37.1 Å². The van der Waals surface area contributed by atoms with E-state index in [1.54, 1.807) is 38.1 Å². The van der Waals surface area contributed by atoms with Gasteiger partial charge in [0.2, 0.25) is 0 Å². The first-order valence-corrected chi connectivity index (χ1v) is 10.1. The molecule has 0 unspecified atom stereocenters. The van der Waals surface area contributed by atoms with Crippen LogP contribution in [-0.2, 0) is 4.79 Å². The average Bonchev–Trinajstić information content (AvgIpc) is 3.55. The van der Waals surface area contributed by atoms with E-state index in [1.807, 2.05) is 11.0 Å². The van der Waals surface area contributed by atoms with Crippen LogP contribution in [0.1, 0.15) is 38.3 Å². The lowest BCUT2D eigenvalue weighted by atomic mass is 10.1. The van der Waals surface area contributed by atoms with Crippen molar-refractivity contribution in [2.75, 3.05) is 31.1 Å². The summed E-state index contributed by atoms with van der Waals surface area (Å²) in [7, 11) is 0. The lowest BCUT2D eigenvalue weighted by Gasteiger charge is -2.38. The molecule has 1 aliphatic carbocycles. The zero-order chi connectivity index (χ0) is 19.7. The second kappa shape index (κ2) is 7.59. The number of hydrogen-bond acceptors (Lipinski definition) is 5. The van der Waals surface area contributed by atoms with Crippen LogP contribution in [-0.4, -0.2) is 52.8 Å². The van der Waals surface area contributed by atoms with Gasteiger partial charge in [-0.25, -0.2) is 0 Å². The molecule has 28 heavy (non-hydrogen) atoms. The molecule has 1 aliphatic heterocycles. The summed E-state index contributed by atoms with van der Waals surface area (Å²) in [6.07, 6.45) is 2.45. The van der Waals surface area contributed by atoms with Crippen LogP contribution in [0.4, 0.5) is 5.82 Å². The van der Waals surface area contributed by atoms with Crippen molar-refractivity contribution in [2.45, 2.75) is 38.2 Å². The molecule has 0 atom stereocenters. The standard InChI is InChI=1S/C21H25ClN4O2/c1-21(2,28-17-7-5-16(22)6-8-17)20(27)26-13-11-25(12-14-26)19-10-9-18(23-24-19)15-3-4-15/h5-10,15H,3-4,11-14H2,1-2H3. The van der Waals surface area contributed by atoms with E-state index >= 15 is 0 Å². The fraction of sp³-hybridized carbons (Fsp3) is 0.476. The number of anilines is 1. The number of amides is 1. The molecule has 1 saturated heterocycles. The summed E-state index contributed by atoms with van der Waals surface area (Å²) >= 11 is 5.91. The van der Waals surface area contributed by atoms with Crippen LogP contribution in [0.25, 0.3) is 0 Å². The molecule has 2 fully saturated rings.